The van der Waals surface area contributed by atoms with Crippen molar-refractivity contribution in [1.29, 1.82) is 0 Å². The standard InChI is InChI=1S/C21H18N2O6/c24-18-11-12-19(25)23(18)29-21(27)28-17-9-5-14(6-10-17)13-3-7-16(8-4-13)22-20(26)15-1-2-15/h3-10,15H,1-2,11-12H2,(H,22,26). The molecular weight excluding hydrogens is 376 g/mol. The van der Waals surface area contributed by atoms with Crippen LogP contribution in [0.3, 0.4) is 0 Å². The lowest BCUT2D eigenvalue weighted by Crippen LogP contribution is -2.33. The third kappa shape index (κ3) is 4.43. The van der Waals surface area contributed by atoms with Crippen LogP contribution in [0.4, 0.5) is 10.5 Å². The van der Waals surface area contributed by atoms with E-state index in [1.165, 1.54) is 0 Å². The number of nitrogens with zero attached hydrogens (tertiary/aromatic N) is 1. The number of benzene rings is 2. The lowest BCUT2D eigenvalue weighted by atomic mass is 10.1. The second-order valence-corrected chi connectivity index (χ2v) is 6.89. The highest BCUT2D eigenvalue weighted by atomic mass is 16.8. The molecule has 2 aromatic rings. The number of hydrogen-bond acceptors (Lipinski definition) is 6. The zero-order valence-electron chi connectivity index (χ0n) is 15.4. The van der Waals surface area contributed by atoms with Crippen LogP contribution in [-0.2, 0) is 19.2 Å². The molecule has 0 atom stereocenters. The molecule has 0 unspecified atom stereocenters. The molecule has 3 amide bonds. The van der Waals surface area contributed by atoms with Crippen molar-refractivity contribution >= 4 is 29.6 Å². The summed E-state index contributed by atoms with van der Waals surface area (Å²) in [5.41, 5.74) is 2.56. The Labute approximate surface area is 166 Å². The van der Waals surface area contributed by atoms with Crippen LogP contribution in [0, 0.1) is 5.92 Å². The van der Waals surface area contributed by atoms with Gasteiger partial charge >= 0.3 is 6.16 Å². The van der Waals surface area contributed by atoms with Gasteiger partial charge in [0, 0.05) is 24.4 Å². The van der Waals surface area contributed by atoms with E-state index in [0.29, 0.717) is 5.06 Å². The molecule has 2 aromatic carbocycles. The van der Waals surface area contributed by atoms with Crippen molar-refractivity contribution in [3.63, 3.8) is 0 Å². The van der Waals surface area contributed by atoms with Gasteiger partial charge in [-0.15, -0.1) is 0 Å². The van der Waals surface area contributed by atoms with Crippen LogP contribution < -0.4 is 10.1 Å². The minimum Gasteiger partial charge on any atom is -0.393 e. The lowest BCUT2D eigenvalue weighted by molar-refractivity contribution is -0.174. The first kappa shape index (κ1) is 18.7. The molecule has 1 saturated heterocycles. The van der Waals surface area contributed by atoms with E-state index in [9.17, 15) is 19.2 Å². The van der Waals surface area contributed by atoms with Gasteiger partial charge in [0.2, 0.25) is 5.91 Å². The summed E-state index contributed by atoms with van der Waals surface area (Å²) in [7, 11) is 0. The largest absolute Gasteiger partial charge is 0.539 e. The Balaban J connectivity index is 1.34. The number of amides is 3. The molecular formula is C21H18N2O6. The molecule has 0 spiro atoms. The van der Waals surface area contributed by atoms with E-state index >= 15 is 0 Å². The summed E-state index contributed by atoms with van der Waals surface area (Å²) in [5, 5.41) is 3.32. The van der Waals surface area contributed by atoms with E-state index in [4.69, 9.17) is 4.74 Å². The maximum atomic E-state index is 11.8. The Morgan fingerprint density at radius 2 is 1.41 bits per heavy atom. The number of hydrogen-bond donors (Lipinski definition) is 1. The molecule has 0 radical (unpaired) electrons. The predicted octanol–water partition coefficient (Wildman–Crippen LogP) is 3.28. The molecule has 2 aliphatic rings. The van der Waals surface area contributed by atoms with Crippen molar-refractivity contribution in [2.24, 2.45) is 5.92 Å². The quantitative estimate of drug-likeness (QED) is 0.474. The normalized spacial score (nSPS) is 15.9. The van der Waals surface area contributed by atoms with Crippen molar-refractivity contribution in [2.45, 2.75) is 25.7 Å². The number of nitrogens with one attached hydrogen (secondary N) is 1. The molecule has 4 rings (SSSR count). The number of imide groups is 1. The van der Waals surface area contributed by atoms with Gasteiger partial charge < -0.3 is 10.1 Å². The van der Waals surface area contributed by atoms with E-state index in [-0.39, 0.29) is 30.4 Å². The molecule has 1 aliphatic carbocycles. The Hall–Kier alpha value is -3.68. The Bertz CT molecular complexity index is 948. The highest BCUT2D eigenvalue weighted by molar-refractivity contribution is 6.01. The fourth-order valence-electron chi connectivity index (χ4n) is 2.90. The first-order valence-corrected chi connectivity index (χ1v) is 9.26. The van der Waals surface area contributed by atoms with Crippen molar-refractivity contribution in [2.75, 3.05) is 5.32 Å². The van der Waals surface area contributed by atoms with Crippen LogP contribution in [0.2, 0.25) is 0 Å². The minimum absolute atomic E-state index is 0.0177. The van der Waals surface area contributed by atoms with Crippen LogP contribution in [0.25, 0.3) is 11.1 Å². The van der Waals surface area contributed by atoms with Crippen LogP contribution in [0.5, 0.6) is 5.75 Å². The molecule has 8 nitrogen and oxygen atoms in total. The molecule has 29 heavy (non-hydrogen) atoms. The maximum Gasteiger partial charge on any atom is 0.539 e. The van der Waals surface area contributed by atoms with Crippen LogP contribution in [0.15, 0.2) is 48.5 Å². The van der Waals surface area contributed by atoms with Gasteiger partial charge in [-0.1, -0.05) is 29.3 Å². The monoisotopic (exact) mass is 394 g/mol. The van der Waals surface area contributed by atoms with E-state index in [2.05, 4.69) is 10.2 Å². The topological polar surface area (TPSA) is 102 Å². The number of carbonyl (C=O) groups excluding carboxylic acids is 4. The smallest absolute Gasteiger partial charge is 0.393 e. The average Bonchev–Trinajstić information content (AvgIpc) is 3.52. The van der Waals surface area contributed by atoms with Gasteiger partial charge in [-0.2, -0.15) is 0 Å². The molecule has 148 valence electrons. The van der Waals surface area contributed by atoms with Gasteiger partial charge in [0.05, 0.1) is 0 Å². The highest BCUT2D eigenvalue weighted by Crippen LogP contribution is 2.30. The van der Waals surface area contributed by atoms with Crippen molar-refractivity contribution in [1.82, 2.24) is 5.06 Å². The zero-order valence-corrected chi connectivity index (χ0v) is 15.4. The average molecular weight is 394 g/mol. The summed E-state index contributed by atoms with van der Waals surface area (Å²) in [5.74, 6) is -0.719. The van der Waals surface area contributed by atoms with Crippen molar-refractivity contribution in [3.05, 3.63) is 48.5 Å². The van der Waals surface area contributed by atoms with E-state index in [1.54, 1.807) is 24.3 Å². The molecule has 1 N–H and O–H groups in total. The Kier molecular flexibility index (Phi) is 4.99. The van der Waals surface area contributed by atoms with Gasteiger partial charge in [0.25, 0.3) is 11.8 Å². The molecule has 1 aliphatic heterocycles. The molecule has 0 bridgehead atoms. The number of carbonyl (C=O) groups is 4. The van der Waals surface area contributed by atoms with Gasteiger partial charge in [0.15, 0.2) is 0 Å². The van der Waals surface area contributed by atoms with Gasteiger partial charge in [-0.05, 0) is 48.2 Å². The van der Waals surface area contributed by atoms with Crippen LogP contribution in [0.1, 0.15) is 25.7 Å². The SMILES string of the molecule is O=C(Oc1ccc(-c2ccc(NC(=O)C3CC3)cc2)cc1)ON1C(=O)CCC1=O. The minimum atomic E-state index is -1.16. The fourth-order valence-corrected chi connectivity index (χ4v) is 2.90. The fraction of sp³-hybridized carbons (Fsp3) is 0.238. The van der Waals surface area contributed by atoms with Crippen molar-refractivity contribution in [3.8, 4) is 16.9 Å². The summed E-state index contributed by atoms with van der Waals surface area (Å²) in [6.07, 6.45) is 0.790. The summed E-state index contributed by atoms with van der Waals surface area (Å²) in [6.45, 7) is 0. The molecule has 1 heterocycles. The molecule has 0 aromatic heterocycles. The van der Waals surface area contributed by atoms with Crippen LogP contribution in [-0.4, -0.2) is 28.9 Å². The Morgan fingerprint density at radius 3 is 1.97 bits per heavy atom. The first-order valence-electron chi connectivity index (χ1n) is 9.26. The lowest BCUT2D eigenvalue weighted by Gasteiger charge is -2.12. The molecule has 1 saturated carbocycles. The van der Waals surface area contributed by atoms with Gasteiger partial charge in [-0.3, -0.25) is 19.2 Å². The highest BCUT2D eigenvalue weighted by Gasteiger charge is 2.33. The maximum absolute atomic E-state index is 11.8. The van der Waals surface area contributed by atoms with E-state index in [1.807, 2.05) is 24.3 Å². The van der Waals surface area contributed by atoms with Crippen molar-refractivity contribution < 1.29 is 28.8 Å². The third-order valence-electron chi connectivity index (χ3n) is 4.66. The zero-order chi connectivity index (χ0) is 20.4. The summed E-state index contributed by atoms with van der Waals surface area (Å²) in [4.78, 5) is 51.1. The van der Waals surface area contributed by atoms with E-state index < -0.39 is 18.0 Å². The van der Waals surface area contributed by atoms with Crippen LogP contribution >= 0.6 is 0 Å². The summed E-state index contributed by atoms with van der Waals surface area (Å²) >= 11 is 0. The number of hydroxylamine groups is 2. The number of rotatable bonds is 5. The number of anilines is 1. The van der Waals surface area contributed by atoms with Gasteiger partial charge in [0.1, 0.15) is 5.75 Å². The predicted molar refractivity (Wildman–Crippen MR) is 101 cm³/mol. The second kappa shape index (κ2) is 7.75. The summed E-state index contributed by atoms with van der Waals surface area (Å²) < 4.78 is 5.00. The molecule has 8 heteroatoms. The first-order chi connectivity index (χ1) is 14.0. The van der Waals surface area contributed by atoms with Gasteiger partial charge in [-0.25, -0.2) is 4.79 Å². The summed E-state index contributed by atoms with van der Waals surface area (Å²) in [6, 6.07) is 14.1. The Morgan fingerprint density at radius 1 is 0.862 bits per heavy atom. The second-order valence-electron chi connectivity index (χ2n) is 6.89. The molecule has 2 fully saturated rings. The van der Waals surface area contributed by atoms with E-state index in [0.717, 1.165) is 29.7 Å². The third-order valence-corrected chi connectivity index (χ3v) is 4.66. The number of ether oxygens (including phenoxy) is 1.